The molecule has 0 radical (unpaired) electrons. The number of carboxylic acid groups (broad SMARTS) is 1. The van der Waals surface area contributed by atoms with E-state index in [1.54, 1.807) is 0 Å². The van der Waals surface area contributed by atoms with Crippen LogP contribution in [0.25, 0.3) is 0 Å². The maximum atomic E-state index is 12.1. The van der Waals surface area contributed by atoms with Gasteiger partial charge in [-0.05, 0) is 38.5 Å². The first-order chi connectivity index (χ1) is 7.68. The van der Waals surface area contributed by atoms with Crippen molar-refractivity contribution in [3.63, 3.8) is 0 Å². The van der Waals surface area contributed by atoms with E-state index in [1.807, 2.05) is 4.90 Å². The molecule has 1 saturated carbocycles. The Morgan fingerprint density at radius 1 is 1.00 bits per heavy atom. The Balaban J connectivity index is 1.88. The third-order valence-electron chi connectivity index (χ3n) is 3.80. The van der Waals surface area contributed by atoms with Crippen molar-refractivity contribution in [3.05, 3.63) is 0 Å². The van der Waals surface area contributed by atoms with Crippen LogP contribution in [0.5, 0.6) is 0 Å². The molecule has 1 aliphatic carbocycles. The maximum Gasteiger partial charge on any atom is 0.306 e. The number of hydrogen-bond acceptors (Lipinski definition) is 2. The van der Waals surface area contributed by atoms with Crippen molar-refractivity contribution >= 4 is 11.9 Å². The SMILES string of the molecule is O=C(O)[C@H]1CC[C@@H](C(=O)N2CCCCC2)C1. The number of amides is 1. The zero-order chi connectivity index (χ0) is 11.5. The molecule has 2 rings (SSSR count). The summed E-state index contributed by atoms with van der Waals surface area (Å²) in [6.45, 7) is 1.74. The van der Waals surface area contributed by atoms with Crippen LogP contribution in [0.15, 0.2) is 0 Å². The molecule has 4 nitrogen and oxygen atoms in total. The van der Waals surface area contributed by atoms with E-state index in [4.69, 9.17) is 5.11 Å². The number of nitrogens with zero attached hydrogens (tertiary/aromatic N) is 1. The van der Waals surface area contributed by atoms with Gasteiger partial charge in [-0.25, -0.2) is 0 Å². The Kier molecular flexibility index (Phi) is 3.46. The lowest BCUT2D eigenvalue weighted by molar-refractivity contribution is -0.141. The number of likely N-dealkylation sites (tertiary alicyclic amines) is 1. The number of carboxylic acids is 1. The van der Waals surface area contributed by atoms with Crippen LogP contribution in [0, 0.1) is 11.8 Å². The molecule has 0 aromatic carbocycles. The van der Waals surface area contributed by atoms with Gasteiger partial charge < -0.3 is 10.0 Å². The number of carbonyl (C=O) groups excluding carboxylic acids is 1. The molecule has 16 heavy (non-hydrogen) atoms. The van der Waals surface area contributed by atoms with Gasteiger partial charge in [0.15, 0.2) is 0 Å². The van der Waals surface area contributed by atoms with Gasteiger partial charge in [0.1, 0.15) is 0 Å². The first-order valence-corrected chi connectivity index (χ1v) is 6.20. The minimum Gasteiger partial charge on any atom is -0.481 e. The van der Waals surface area contributed by atoms with Gasteiger partial charge in [0, 0.05) is 19.0 Å². The van der Waals surface area contributed by atoms with Crippen LogP contribution in [0.3, 0.4) is 0 Å². The number of piperidine rings is 1. The van der Waals surface area contributed by atoms with E-state index >= 15 is 0 Å². The van der Waals surface area contributed by atoms with Crippen LogP contribution in [-0.4, -0.2) is 35.0 Å². The highest BCUT2D eigenvalue weighted by atomic mass is 16.4. The van der Waals surface area contributed by atoms with Gasteiger partial charge in [-0.2, -0.15) is 0 Å². The molecular weight excluding hydrogens is 206 g/mol. The molecule has 1 aliphatic heterocycles. The fourth-order valence-electron chi connectivity index (χ4n) is 2.80. The Morgan fingerprint density at radius 3 is 2.19 bits per heavy atom. The van der Waals surface area contributed by atoms with Crippen molar-refractivity contribution < 1.29 is 14.7 Å². The van der Waals surface area contributed by atoms with Crippen LogP contribution in [-0.2, 0) is 9.59 Å². The summed E-state index contributed by atoms with van der Waals surface area (Å²) >= 11 is 0. The van der Waals surface area contributed by atoms with E-state index in [0.717, 1.165) is 32.4 Å². The number of hydrogen-bond donors (Lipinski definition) is 1. The summed E-state index contributed by atoms with van der Waals surface area (Å²) in [5, 5.41) is 8.90. The molecule has 1 saturated heterocycles. The summed E-state index contributed by atoms with van der Waals surface area (Å²) in [5.74, 6) is -0.865. The van der Waals surface area contributed by atoms with Gasteiger partial charge >= 0.3 is 5.97 Å². The monoisotopic (exact) mass is 225 g/mol. The predicted molar refractivity (Wildman–Crippen MR) is 58.9 cm³/mol. The Hall–Kier alpha value is -1.06. The van der Waals surface area contributed by atoms with Crippen LogP contribution in [0.1, 0.15) is 38.5 Å². The molecule has 0 bridgehead atoms. The second kappa shape index (κ2) is 4.85. The highest BCUT2D eigenvalue weighted by Crippen LogP contribution is 2.32. The summed E-state index contributed by atoms with van der Waals surface area (Å²) in [6.07, 6.45) is 5.38. The molecule has 90 valence electrons. The minimum absolute atomic E-state index is 0.0285. The van der Waals surface area contributed by atoms with Crippen LogP contribution in [0.4, 0.5) is 0 Å². The van der Waals surface area contributed by atoms with E-state index in [-0.39, 0.29) is 17.7 Å². The van der Waals surface area contributed by atoms with Gasteiger partial charge in [0.05, 0.1) is 5.92 Å². The number of aliphatic carboxylic acids is 1. The third-order valence-corrected chi connectivity index (χ3v) is 3.80. The van der Waals surface area contributed by atoms with Crippen molar-refractivity contribution in [1.29, 1.82) is 0 Å². The zero-order valence-electron chi connectivity index (χ0n) is 9.52. The molecule has 2 atom stereocenters. The lowest BCUT2D eigenvalue weighted by atomic mass is 10.0. The maximum absolute atomic E-state index is 12.1. The summed E-state index contributed by atoms with van der Waals surface area (Å²) in [4.78, 5) is 24.9. The van der Waals surface area contributed by atoms with Gasteiger partial charge in [0.2, 0.25) is 5.91 Å². The van der Waals surface area contributed by atoms with Crippen LogP contribution >= 0.6 is 0 Å². The molecule has 0 spiro atoms. The van der Waals surface area contributed by atoms with Crippen molar-refractivity contribution in [1.82, 2.24) is 4.90 Å². The third kappa shape index (κ3) is 2.36. The van der Waals surface area contributed by atoms with Gasteiger partial charge in [0.25, 0.3) is 0 Å². The molecule has 0 aromatic heterocycles. The Bertz CT molecular complexity index is 284. The molecule has 1 N–H and O–H groups in total. The smallest absolute Gasteiger partial charge is 0.306 e. The molecular formula is C12H19NO3. The van der Waals surface area contributed by atoms with Crippen LogP contribution in [0.2, 0.25) is 0 Å². The minimum atomic E-state index is -0.742. The van der Waals surface area contributed by atoms with Crippen molar-refractivity contribution in [2.75, 3.05) is 13.1 Å². The Morgan fingerprint density at radius 2 is 1.62 bits per heavy atom. The first-order valence-electron chi connectivity index (χ1n) is 6.20. The topological polar surface area (TPSA) is 57.6 Å². The fraction of sp³-hybridized carbons (Fsp3) is 0.833. The normalized spacial score (nSPS) is 30.4. The van der Waals surface area contributed by atoms with E-state index in [2.05, 4.69) is 0 Å². The van der Waals surface area contributed by atoms with Crippen molar-refractivity contribution in [2.45, 2.75) is 38.5 Å². The summed E-state index contributed by atoms with van der Waals surface area (Å²) in [6, 6.07) is 0. The van der Waals surface area contributed by atoms with Gasteiger partial charge in [-0.1, -0.05) is 0 Å². The molecule has 0 aromatic rings. The predicted octanol–water partition coefficient (Wildman–Crippen LogP) is 1.50. The highest BCUT2D eigenvalue weighted by Gasteiger charge is 2.35. The second-order valence-electron chi connectivity index (χ2n) is 4.93. The lowest BCUT2D eigenvalue weighted by Gasteiger charge is -2.29. The van der Waals surface area contributed by atoms with Gasteiger partial charge in [-0.15, -0.1) is 0 Å². The fourth-order valence-corrected chi connectivity index (χ4v) is 2.80. The highest BCUT2D eigenvalue weighted by molar-refractivity contribution is 5.81. The van der Waals surface area contributed by atoms with Crippen molar-refractivity contribution in [2.24, 2.45) is 11.8 Å². The van der Waals surface area contributed by atoms with E-state index in [0.29, 0.717) is 12.8 Å². The number of rotatable bonds is 2. The van der Waals surface area contributed by atoms with Crippen LogP contribution < -0.4 is 0 Å². The quantitative estimate of drug-likeness (QED) is 0.774. The molecule has 0 unspecified atom stereocenters. The molecule has 1 amide bonds. The van der Waals surface area contributed by atoms with E-state index in [1.165, 1.54) is 6.42 Å². The summed E-state index contributed by atoms with van der Waals surface area (Å²) < 4.78 is 0. The molecule has 2 aliphatic rings. The lowest BCUT2D eigenvalue weighted by Crippen LogP contribution is -2.39. The second-order valence-corrected chi connectivity index (χ2v) is 4.93. The molecule has 1 heterocycles. The summed E-state index contributed by atoms with van der Waals surface area (Å²) in [5.41, 5.74) is 0. The average Bonchev–Trinajstić information content (AvgIpc) is 2.78. The summed E-state index contributed by atoms with van der Waals surface area (Å²) in [7, 11) is 0. The Labute approximate surface area is 95.6 Å². The van der Waals surface area contributed by atoms with E-state index < -0.39 is 5.97 Å². The zero-order valence-corrected chi connectivity index (χ0v) is 9.52. The standard InChI is InChI=1S/C12H19NO3/c14-11(13-6-2-1-3-7-13)9-4-5-10(8-9)12(15)16/h9-10H,1-8H2,(H,15,16)/t9-,10+/m1/s1. The average molecular weight is 225 g/mol. The number of carbonyl (C=O) groups is 2. The molecule has 2 fully saturated rings. The van der Waals surface area contributed by atoms with Crippen molar-refractivity contribution in [3.8, 4) is 0 Å². The largest absolute Gasteiger partial charge is 0.481 e. The molecule has 4 heteroatoms. The first kappa shape index (κ1) is 11.4. The van der Waals surface area contributed by atoms with Gasteiger partial charge in [-0.3, -0.25) is 9.59 Å². The van der Waals surface area contributed by atoms with E-state index in [9.17, 15) is 9.59 Å².